The van der Waals surface area contributed by atoms with Crippen LogP contribution in [0.3, 0.4) is 0 Å². The van der Waals surface area contributed by atoms with E-state index in [4.69, 9.17) is 20.8 Å². The normalized spacial score (nSPS) is 11.6. The van der Waals surface area contributed by atoms with Gasteiger partial charge in [-0.2, -0.15) is 0 Å². The molecule has 0 bridgehead atoms. The predicted molar refractivity (Wildman–Crippen MR) is 88.0 cm³/mol. The van der Waals surface area contributed by atoms with Crippen molar-refractivity contribution in [2.75, 3.05) is 5.32 Å². The highest BCUT2D eigenvalue weighted by Gasteiger charge is 2.22. The van der Waals surface area contributed by atoms with Gasteiger partial charge in [-0.3, -0.25) is 14.9 Å². The molecule has 126 valence electrons. The average molecular weight is 418 g/mol. The molecule has 0 aliphatic heterocycles. The number of benzene rings is 1. The van der Waals surface area contributed by atoms with E-state index in [0.717, 1.165) is 6.07 Å². The number of halogens is 2. The first-order chi connectivity index (χ1) is 11.3. The van der Waals surface area contributed by atoms with Crippen molar-refractivity contribution in [1.29, 1.82) is 0 Å². The fourth-order valence-electron chi connectivity index (χ4n) is 1.65. The molecule has 0 radical (unpaired) electrons. The van der Waals surface area contributed by atoms with Gasteiger partial charge in [-0.1, -0.05) is 11.6 Å². The van der Waals surface area contributed by atoms with Crippen LogP contribution in [-0.4, -0.2) is 22.9 Å². The quantitative estimate of drug-likeness (QED) is 0.450. The number of carbonyl (C=O) groups excluding carboxylic acids is 2. The summed E-state index contributed by atoms with van der Waals surface area (Å²) in [6.45, 7) is 1.34. The van der Waals surface area contributed by atoms with Gasteiger partial charge in [-0.25, -0.2) is 4.79 Å². The Balaban J connectivity index is 2.05. The van der Waals surface area contributed by atoms with Crippen molar-refractivity contribution in [1.82, 2.24) is 0 Å². The van der Waals surface area contributed by atoms with Crippen molar-refractivity contribution in [2.24, 2.45) is 0 Å². The molecule has 1 atom stereocenters. The SMILES string of the molecule is CC(OC(=O)c1ccc(Br)o1)C(=O)Nc1cc([N+](=O)[O-])ccc1Cl. The molecule has 24 heavy (non-hydrogen) atoms. The molecule has 0 spiro atoms. The Morgan fingerprint density at radius 2 is 2.08 bits per heavy atom. The number of esters is 1. The fraction of sp³-hybridized carbons (Fsp3) is 0.143. The zero-order valence-electron chi connectivity index (χ0n) is 12.1. The Kier molecular flexibility index (Phi) is 5.58. The lowest BCUT2D eigenvalue weighted by molar-refractivity contribution is -0.384. The van der Waals surface area contributed by atoms with Gasteiger partial charge < -0.3 is 14.5 Å². The first-order valence-electron chi connectivity index (χ1n) is 6.49. The van der Waals surface area contributed by atoms with Crippen LogP contribution in [0.15, 0.2) is 39.4 Å². The van der Waals surface area contributed by atoms with E-state index in [1.54, 1.807) is 0 Å². The third kappa shape index (κ3) is 4.33. The third-order valence-corrected chi connectivity index (χ3v) is 3.60. The first-order valence-corrected chi connectivity index (χ1v) is 7.66. The van der Waals surface area contributed by atoms with Crippen LogP contribution in [0.2, 0.25) is 5.02 Å². The Morgan fingerprint density at radius 1 is 1.38 bits per heavy atom. The Morgan fingerprint density at radius 3 is 2.67 bits per heavy atom. The number of nitro benzene ring substituents is 1. The Bertz CT molecular complexity index is 806. The third-order valence-electron chi connectivity index (χ3n) is 2.85. The summed E-state index contributed by atoms with van der Waals surface area (Å²) in [5, 5.41) is 13.2. The number of rotatable bonds is 5. The van der Waals surface area contributed by atoms with Gasteiger partial charge in [-0.05, 0) is 41.1 Å². The number of hydrogen-bond donors (Lipinski definition) is 1. The van der Waals surface area contributed by atoms with E-state index in [0.29, 0.717) is 4.67 Å². The number of ether oxygens (including phenoxy) is 1. The Labute approximate surface area is 149 Å². The van der Waals surface area contributed by atoms with E-state index in [9.17, 15) is 19.7 Å². The first kappa shape index (κ1) is 18.0. The molecular formula is C14H10BrClN2O6. The molecule has 2 aromatic rings. The maximum Gasteiger partial charge on any atom is 0.375 e. The molecule has 10 heteroatoms. The molecule has 0 saturated carbocycles. The van der Waals surface area contributed by atoms with Crippen LogP contribution in [0.5, 0.6) is 0 Å². The van der Waals surface area contributed by atoms with Gasteiger partial charge in [0.15, 0.2) is 10.8 Å². The maximum absolute atomic E-state index is 12.1. The van der Waals surface area contributed by atoms with Gasteiger partial charge in [0.25, 0.3) is 11.6 Å². The molecule has 2 rings (SSSR count). The highest BCUT2D eigenvalue weighted by atomic mass is 79.9. The molecule has 1 aromatic heterocycles. The number of furan rings is 1. The van der Waals surface area contributed by atoms with Crippen molar-refractivity contribution in [2.45, 2.75) is 13.0 Å². The average Bonchev–Trinajstić information content (AvgIpc) is 2.95. The van der Waals surface area contributed by atoms with Crippen LogP contribution in [-0.2, 0) is 9.53 Å². The lowest BCUT2D eigenvalue weighted by atomic mass is 10.2. The van der Waals surface area contributed by atoms with Crippen molar-refractivity contribution in [3.8, 4) is 0 Å². The van der Waals surface area contributed by atoms with Gasteiger partial charge in [-0.15, -0.1) is 0 Å². The minimum Gasteiger partial charge on any atom is -0.447 e. The topological polar surface area (TPSA) is 112 Å². The molecule has 0 saturated heterocycles. The van der Waals surface area contributed by atoms with Gasteiger partial charge in [0, 0.05) is 12.1 Å². The zero-order valence-corrected chi connectivity index (χ0v) is 14.5. The number of hydrogen-bond acceptors (Lipinski definition) is 6. The second-order valence-electron chi connectivity index (χ2n) is 4.56. The predicted octanol–water partition coefficient (Wildman–Crippen LogP) is 3.79. The highest BCUT2D eigenvalue weighted by molar-refractivity contribution is 9.10. The van der Waals surface area contributed by atoms with Crippen molar-refractivity contribution in [3.63, 3.8) is 0 Å². The van der Waals surface area contributed by atoms with E-state index < -0.39 is 22.9 Å². The largest absolute Gasteiger partial charge is 0.447 e. The summed E-state index contributed by atoms with van der Waals surface area (Å²) in [5.41, 5.74) is -0.195. The minimum absolute atomic E-state index is 0.0412. The van der Waals surface area contributed by atoms with Crippen LogP contribution < -0.4 is 5.32 Å². The van der Waals surface area contributed by atoms with Crippen molar-refractivity contribution >= 4 is 50.8 Å². The number of nitrogens with zero attached hydrogens (tertiary/aromatic N) is 1. The van der Waals surface area contributed by atoms with Gasteiger partial charge in [0.05, 0.1) is 15.6 Å². The monoisotopic (exact) mass is 416 g/mol. The zero-order chi connectivity index (χ0) is 17.9. The molecule has 1 amide bonds. The summed E-state index contributed by atoms with van der Waals surface area (Å²) >= 11 is 8.93. The lowest BCUT2D eigenvalue weighted by Crippen LogP contribution is -2.30. The maximum atomic E-state index is 12.1. The second-order valence-corrected chi connectivity index (χ2v) is 5.75. The van der Waals surface area contributed by atoms with Gasteiger partial charge in [0.1, 0.15) is 0 Å². The standard InChI is InChI=1S/C14H10BrClN2O6/c1-7(23-14(20)11-4-5-12(15)24-11)13(19)17-10-6-8(18(21)22)2-3-9(10)16/h2-7H,1H3,(H,17,19). The van der Waals surface area contributed by atoms with Gasteiger partial charge >= 0.3 is 5.97 Å². The van der Waals surface area contributed by atoms with Crippen LogP contribution in [0, 0.1) is 10.1 Å². The molecule has 8 nitrogen and oxygen atoms in total. The second kappa shape index (κ2) is 7.45. The van der Waals surface area contributed by atoms with Crippen LogP contribution in [0.25, 0.3) is 0 Å². The molecule has 0 aliphatic rings. The lowest BCUT2D eigenvalue weighted by Gasteiger charge is -2.13. The molecule has 1 heterocycles. The van der Waals surface area contributed by atoms with Crippen molar-refractivity contribution in [3.05, 3.63) is 55.9 Å². The number of amides is 1. The van der Waals surface area contributed by atoms with Crippen LogP contribution >= 0.6 is 27.5 Å². The van der Waals surface area contributed by atoms with E-state index in [-0.39, 0.29) is 22.2 Å². The molecule has 1 unspecified atom stereocenters. The number of nitro groups is 1. The van der Waals surface area contributed by atoms with Crippen LogP contribution in [0.4, 0.5) is 11.4 Å². The van der Waals surface area contributed by atoms with Crippen LogP contribution in [0.1, 0.15) is 17.5 Å². The van der Waals surface area contributed by atoms with Crippen molar-refractivity contribution < 1.29 is 23.7 Å². The minimum atomic E-state index is -1.17. The summed E-state index contributed by atoms with van der Waals surface area (Å²) in [6.07, 6.45) is -1.17. The Hall–Kier alpha value is -2.39. The van der Waals surface area contributed by atoms with E-state index >= 15 is 0 Å². The molecule has 0 fully saturated rings. The summed E-state index contributed by atoms with van der Waals surface area (Å²) in [6, 6.07) is 6.49. The summed E-state index contributed by atoms with van der Waals surface area (Å²) < 4.78 is 10.3. The summed E-state index contributed by atoms with van der Waals surface area (Å²) in [5.74, 6) is -1.60. The van der Waals surface area contributed by atoms with E-state index in [2.05, 4.69) is 21.2 Å². The van der Waals surface area contributed by atoms with E-state index in [1.165, 1.54) is 31.2 Å². The molecule has 1 N–H and O–H groups in total. The molecular weight excluding hydrogens is 408 g/mol. The summed E-state index contributed by atoms with van der Waals surface area (Å²) in [7, 11) is 0. The number of anilines is 1. The molecule has 1 aromatic carbocycles. The number of nitrogens with one attached hydrogen (secondary N) is 1. The highest BCUT2D eigenvalue weighted by Crippen LogP contribution is 2.27. The van der Waals surface area contributed by atoms with Gasteiger partial charge in [0.2, 0.25) is 5.76 Å². The fourth-order valence-corrected chi connectivity index (χ4v) is 2.12. The number of non-ortho nitro benzene ring substituents is 1. The smallest absolute Gasteiger partial charge is 0.375 e. The van der Waals surface area contributed by atoms with E-state index in [1.807, 2.05) is 0 Å². The number of carbonyl (C=O) groups is 2. The summed E-state index contributed by atoms with van der Waals surface area (Å²) in [4.78, 5) is 34.0. The molecule has 0 aliphatic carbocycles.